The van der Waals surface area contributed by atoms with Gasteiger partial charge < -0.3 is 10.7 Å². The Hall–Kier alpha value is -1.59. The zero-order chi connectivity index (χ0) is 14.7. The number of aryl methyl sites for hydroxylation is 1. The molecule has 0 aromatic heterocycles. The van der Waals surface area contributed by atoms with Gasteiger partial charge in [-0.25, -0.2) is 0 Å². The summed E-state index contributed by atoms with van der Waals surface area (Å²) in [6.45, 7) is 4.74. The Labute approximate surface area is 120 Å². The Morgan fingerprint density at radius 1 is 1.50 bits per heavy atom. The van der Waals surface area contributed by atoms with Crippen LogP contribution in [0.4, 0.5) is 5.69 Å². The number of nitrogen functional groups attached to an aromatic ring is 1. The van der Waals surface area contributed by atoms with Crippen LogP contribution in [0.5, 0.6) is 0 Å². The average molecular weight is 276 g/mol. The predicted molar refractivity (Wildman–Crippen MR) is 81.6 cm³/mol. The molecule has 0 bridgehead atoms. The number of nitrogens with zero attached hydrogens (tertiary/aromatic N) is 1. The van der Waals surface area contributed by atoms with Crippen LogP contribution in [0.3, 0.4) is 0 Å². The minimum atomic E-state index is -0.0855. The van der Waals surface area contributed by atoms with Crippen molar-refractivity contribution in [3.63, 3.8) is 0 Å². The third kappa shape index (κ3) is 3.49. The molecule has 1 aliphatic carbocycles. The second-order valence-electron chi connectivity index (χ2n) is 5.65. The van der Waals surface area contributed by atoms with Crippen molar-refractivity contribution in [1.29, 1.82) is 0 Å². The van der Waals surface area contributed by atoms with E-state index >= 15 is 0 Å². The molecule has 0 aliphatic heterocycles. The lowest BCUT2D eigenvalue weighted by Crippen LogP contribution is -2.41. The molecule has 0 heterocycles. The number of hydrogen-bond acceptors (Lipinski definition) is 4. The summed E-state index contributed by atoms with van der Waals surface area (Å²) in [4.78, 5) is 14.6. The van der Waals surface area contributed by atoms with Crippen LogP contribution in [-0.2, 0) is 0 Å². The van der Waals surface area contributed by atoms with Gasteiger partial charge >= 0.3 is 0 Å². The van der Waals surface area contributed by atoms with E-state index in [0.29, 0.717) is 29.9 Å². The molecule has 1 aromatic carbocycles. The fourth-order valence-corrected chi connectivity index (χ4v) is 2.29. The van der Waals surface area contributed by atoms with Crippen LogP contribution in [0.15, 0.2) is 18.2 Å². The third-order valence-corrected chi connectivity index (χ3v) is 3.95. The monoisotopic (exact) mass is 276 g/mol. The van der Waals surface area contributed by atoms with Crippen molar-refractivity contribution >= 4 is 11.6 Å². The Bertz CT molecular complexity index is 485. The van der Waals surface area contributed by atoms with Gasteiger partial charge in [-0.3, -0.25) is 15.5 Å². The molecule has 1 fully saturated rings. The second kappa shape index (κ2) is 6.24. The molecule has 1 saturated carbocycles. The Kier molecular flexibility index (Phi) is 4.62. The van der Waals surface area contributed by atoms with Gasteiger partial charge in [-0.1, -0.05) is 11.6 Å². The number of rotatable bonds is 6. The summed E-state index contributed by atoms with van der Waals surface area (Å²) in [5, 5.41) is 2.99. The largest absolute Gasteiger partial charge is 0.350 e. The number of hydrazine groups is 1. The molecule has 1 aromatic rings. The summed E-state index contributed by atoms with van der Waals surface area (Å²) in [6, 6.07) is 6.63. The lowest BCUT2D eigenvalue weighted by molar-refractivity contribution is 0.0940. The van der Waals surface area contributed by atoms with E-state index in [2.05, 4.69) is 29.6 Å². The van der Waals surface area contributed by atoms with Crippen LogP contribution in [0, 0.1) is 6.92 Å². The van der Waals surface area contributed by atoms with Gasteiger partial charge in [-0.15, -0.1) is 0 Å². The SMILES string of the molecule is Cc1ccc(NN)c(C(=O)NCC(C)N(C)C2CC2)c1. The molecule has 2 rings (SSSR count). The van der Waals surface area contributed by atoms with Gasteiger partial charge in [-0.2, -0.15) is 0 Å². The number of amides is 1. The van der Waals surface area contributed by atoms with Gasteiger partial charge in [0, 0.05) is 18.6 Å². The van der Waals surface area contributed by atoms with Crippen LogP contribution in [0.2, 0.25) is 0 Å². The van der Waals surface area contributed by atoms with Crippen molar-refractivity contribution in [3.05, 3.63) is 29.3 Å². The second-order valence-corrected chi connectivity index (χ2v) is 5.65. The van der Waals surface area contributed by atoms with E-state index in [0.717, 1.165) is 5.56 Å². The zero-order valence-electron chi connectivity index (χ0n) is 12.4. The smallest absolute Gasteiger partial charge is 0.253 e. The fraction of sp³-hybridized carbons (Fsp3) is 0.533. The molecular weight excluding hydrogens is 252 g/mol. The molecule has 5 nitrogen and oxygen atoms in total. The average Bonchev–Trinajstić information content (AvgIpc) is 3.28. The Balaban J connectivity index is 1.95. The van der Waals surface area contributed by atoms with E-state index in [-0.39, 0.29) is 5.91 Å². The molecule has 1 unspecified atom stereocenters. The summed E-state index contributed by atoms with van der Waals surface area (Å²) < 4.78 is 0. The van der Waals surface area contributed by atoms with Gasteiger partial charge in [0.2, 0.25) is 0 Å². The van der Waals surface area contributed by atoms with Crippen LogP contribution >= 0.6 is 0 Å². The van der Waals surface area contributed by atoms with Crippen LogP contribution in [-0.4, -0.2) is 36.5 Å². The van der Waals surface area contributed by atoms with E-state index in [1.165, 1.54) is 12.8 Å². The van der Waals surface area contributed by atoms with E-state index in [1.807, 2.05) is 25.1 Å². The number of anilines is 1. The molecule has 110 valence electrons. The maximum atomic E-state index is 12.3. The van der Waals surface area contributed by atoms with Crippen molar-refractivity contribution in [3.8, 4) is 0 Å². The van der Waals surface area contributed by atoms with Gasteiger partial charge in [0.25, 0.3) is 5.91 Å². The van der Waals surface area contributed by atoms with Gasteiger partial charge in [-0.05, 0) is 45.9 Å². The summed E-state index contributed by atoms with van der Waals surface area (Å²) >= 11 is 0. The van der Waals surface area contributed by atoms with E-state index in [9.17, 15) is 4.79 Å². The van der Waals surface area contributed by atoms with E-state index in [1.54, 1.807) is 0 Å². The van der Waals surface area contributed by atoms with Crippen molar-refractivity contribution in [2.24, 2.45) is 5.84 Å². The van der Waals surface area contributed by atoms with Crippen molar-refractivity contribution in [1.82, 2.24) is 10.2 Å². The minimum absolute atomic E-state index is 0.0855. The summed E-state index contributed by atoms with van der Waals surface area (Å²) in [6.07, 6.45) is 2.54. The highest BCUT2D eigenvalue weighted by atomic mass is 16.1. The summed E-state index contributed by atoms with van der Waals surface area (Å²) in [5.41, 5.74) is 4.85. The first-order chi connectivity index (χ1) is 9.52. The minimum Gasteiger partial charge on any atom is -0.350 e. The van der Waals surface area contributed by atoms with E-state index in [4.69, 9.17) is 5.84 Å². The molecule has 0 spiro atoms. The van der Waals surface area contributed by atoms with Crippen LogP contribution in [0.1, 0.15) is 35.7 Å². The summed E-state index contributed by atoms with van der Waals surface area (Å²) in [7, 11) is 2.12. The zero-order valence-corrected chi connectivity index (χ0v) is 12.4. The highest BCUT2D eigenvalue weighted by Crippen LogP contribution is 2.26. The number of carbonyl (C=O) groups is 1. The first-order valence-electron chi connectivity index (χ1n) is 7.10. The lowest BCUT2D eigenvalue weighted by atomic mass is 10.1. The normalized spacial score (nSPS) is 16.1. The maximum absolute atomic E-state index is 12.3. The Morgan fingerprint density at radius 3 is 2.80 bits per heavy atom. The Morgan fingerprint density at radius 2 is 2.20 bits per heavy atom. The van der Waals surface area contributed by atoms with Crippen LogP contribution in [0.25, 0.3) is 0 Å². The third-order valence-electron chi connectivity index (χ3n) is 3.95. The number of benzene rings is 1. The lowest BCUT2D eigenvalue weighted by Gasteiger charge is -2.24. The van der Waals surface area contributed by atoms with Gasteiger partial charge in [0.1, 0.15) is 0 Å². The number of carbonyl (C=O) groups excluding carboxylic acids is 1. The van der Waals surface area contributed by atoms with Crippen molar-refractivity contribution < 1.29 is 4.79 Å². The molecule has 1 amide bonds. The van der Waals surface area contributed by atoms with Crippen molar-refractivity contribution in [2.45, 2.75) is 38.8 Å². The quantitative estimate of drug-likeness (QED) is 0.544. The molecule has 4 N–H and O–H groups in total. The molecule has 20 heavy (non-hydrogen) atoms. The fourth-order valence-electron chi connectivity index (χ4n) is 2.29. The molecule has 0 radical (unpaired) electrons. The standard InChI is InChI=1S/C15H24N4O/c1-10-4-7-14(18-16)13(8-10)15(20)17-9-11(2)19(3)12-5-6-12/h4,7-8,11-12,18H,5-6,9,16H2,1-3H3,(H,17,20). The van der Waals surface area contributed by atoms with Gasteiger partial charge in [0.05, 0.1) is 11.3 Å². The highest BCUT2D eigenvalue weighted by molar-refractivity contribution is 5.99. The number of likely N-dealkylation sites (N-methyl/N-ethyl adjacent to an activating group) is 1. The predicted octanol–water partition coefficient (Wildman–Crippen LogP) is 1.49. The molecule has 1 atom stereocenters. The first kappa shape index (κ1) is 14.8. The molecule has 0 saturated heterocycles. The maximum Gasteiger partial charge on any atom is 0.253 e. The molecule has 5 heteroatoms. The first-order valence-corrected chi connectivity index (χ1v) is 7.10. The summed E-state index contributed by atoms with van der Waals surface area (Å²) in [5.74, 6) is 5.37. The topological polar surface area (TPSA) is 70.4 Å². The van der Waals surface area contributed by atoms with Crippen LogP contribution < -0.4 is 16.6 Å². The van der Waals surface area contributed by atoms with Gasteiger partial charge in [0.15, 0.2) is 0 Å². The number of nitrogens with two attached hydrogens (primary N) is 1. The molecular formula is C15H24N4O. The highest BCUT2D eigenvalue weighted by Gasteiger charge is 2.29. The molecule has 1 aliphatic rings. The van der Waals surface area contributed by atoms with Crippen molar-refractivity contribution in [2.75, 3.05) is 19.0 Å². The van der Waals surface area contributed by atoms with E-state index < -0.39 is 0 Å². The number of hydrogen-bond donors (Lipinski definition) is 3. The number of nitrogens with one attached hydrogen (secondary N) is 2.